The molecule has 0 spiro atoms. The van der Waals surface area contributed by atoms with E-state index in [0.717, 1.165) is 6.42 Å². The monoisotopic (exact) mass is 267 g/mol. The van der Waals surface area contributed by atoms with E-state index >= 15 is 0 Å². The van der Waals surface area contributed by atoms with Crippen LogP contribution >= 0.6 is 0 Å². The summed E-state index contributed by atoms with van der Waals surface area (Å²) in [7, 11) is 0. The molecular formula is C15H25NO3. The van der Waals surface area contributed by atoms with Crippen LogP contribution in [-0.2, 0) is 9.53 Å². The Hall–Kier alpha value is -1.50. The minimum Gasteiger partial charge on any atom is -0.444 e. The molecule has 4 heteroatoms. The van der Waals surface area contributed by atoms with E-state index in [0.29, 0.717) is 6.42 Å². The van der Waals surface area contributed by atoms with E-state index in [2.05, 4.69) is 17.2 Å². The summed E-state index contributed by atoms with van der Waals surface area (Å²) < 4.78 is 5.14. The molecule has 4 nitrogen and oxygen atoms in total. The van der Waals surface area contributed by atoms with Crippen LogP contribution in [0.4, 0.5) is 4.79 Å². The van der Waals surface area contributed by atoms with Crippen LogP contribution < -0.4 is 5.32 Å². The van der Waals surface area contributed by atoms with E-state index in [9.17, 15) is 9.59 Å². The summed E-state index contributed by atoms with van der Waals surface area (Å²) >= 11 is 0. The maximum atomic E-state index is 11.9. The molecule has 0 aliphatic carbocycles. The minimum atomic E-state index is -0.626. The second-order valence-electron chi connectivity index (χ2n) is 5.78. The Kier molecular flexibility index (Phi) is 7.21. The lowest BCUT2D eigenvalue weighted by molar-refractivity contribution is -0.116. The van der Waals surface area contributed by atoms with Gasteiger partial charge in [0, 0.05) is 6.42 Å². The van der Waals surface area contributed by atoms with Crippen molar-refractivity contribution in [3.8, 4) is 11.8 Å². The van der Waals surface area contributed by atoms with Crippen LogP contribution in [0.1, 0.15) is 54.4 Å². The smallest absolute Gasteiger partial charge is 0.408 e. The third-order valence-electron chi connectivity index (χ3n) is 2.21. The van der Waals surface area contributed by atoms with E-state index in [1.54, 1.807) is 20.8 Å². The van der Waals surface area contributed by atoms with Gasteiger partial charge in [-0.15, -0.1) is 0 Å². The Morgan fingerprint density at radius 2 is 1.84 bits per heavy atom. The van der Waals surface area contributed by atoms with Crippen molar-refractivity contribution in [2.24, 2.45) is 5.92 Å². The third kappa shape index (κ3) is 8.25. The normalized spacial score (nSPS) is 12.4. The number of amides is 1. The number of Topliss-reactive ketones (excluding diaryl/α,β-unsaturated/α-hetero) is 1. The average molecular weight is 267 g/mol. The molecule has 19 heavy (non-hydrogen) atoms. The van der Waals surface area contributed by atoms with Crippen LogP contribution in [-0.4, -0.2) is 23.5 Å². The molecule has 0 aliphatic heterocycles. The third-order valence-corrected chi connectivity index (χ3v) is 2.21. The van der Waals surface area contributed by atoms with Crippen molar-refractivity contribution in [3.63, 3.8) is 0 Å². The fourth-order valence-electron chi connectivity index (χ4n) is 1.32. The van der Waals surface area contributed by atoms with Crippen LogP contribution in [0.15, 0.2) is 0 Å². The number of ether oxygens (including phenoxy) is 1. The summed E-state index contributed by atoms with van der Waals surface area (Å²) in [6.07, 6.45) is 1.01. The molecule has 0 heterocycles. The first kappa shape index (κ1) is 17.5. The number of hydrogen-bond acceptors (Lipinski definition) is 3. The van der Waals surface area contributed by atoms with Gasteiger partial charge in [-0.05, 0) is 39.0 Å². The zero-order valence-corrected chi connectivity index (χ0v) is 12.8. The average Bonchev–Trinajstić information content (AvgIpc) is 2.23. The molecule has 0 aromatic carbocycles. The molecule has 0 aromatic heterocycles. The molecule has 0 saturated heterocycles. The zero-order valence-electron chi connectivity index (χ0n) is 12.8. The highest BCUT2D eigenvalue weighted by Gasteiger charge is 2.25. The first-order valence-corrected chi connectivity index (χ1v) is 6.69. The van der Waals surface area contributed by atoms with Gasteiger partial charge in [-0.2, -0.15) is 0 Å². The SMILES string of the molecule is CCCC#CC(=O)[C@@H](NC(=O)OC(C)(C)C)C(C)C. The van der Waals surface area contributed by atoms with Crippen molar-refractivity contribution in [2.75, 3.05) is 0 Å². The molecule has 1 N–H and O–H groups in total. The van der Waals surface area contributed by atoms with Gasteiger partial charge in [-0.25, -0.2) is 4.79 Å². The van der Waals surface area contributed by atoms with Gasteiger partial charge in [-0.3, -0.25) is 4.79 Å². The fraction of sp³-hybridized carbons (Fsp3) is 0.733. The number of nitrogens with one attached hydrogen (secondary N) is 1. The predicted molar refractivity (Wildman–Crippen MR) is 75.7 cm³/mol. The van der Waals surface area contributed by atoms with E-state index in [1.165, 1.54) is 0 Å². The topological polar surface area (TPSA) is 55.4 Å². The number of hydrogen-bond donors (Lipinski definition) is 1. The number of ketones is 1. The largest absolute Gasteiger partial charge is 0.444 e. The maximum absolute atomic E-state index is 11.9. The summed E-state index contributed by atoms with van der Waals surface area (Å²) in [6, 6.07) is -0.626. The van der Waals surface area contributed by atoms with Crippen LogP contribution in [0.2, 0.25) is 0 Å². The quantitative estimate of drug-likeness (QED) is 0.629. The molecular weight excluding hydrogens is 242 g/mol. The van der Waals surface area contributed by atoms with Crippen LogP contribution in [0.3, 0.4) is 0 Å². The highest BCUT2D eigenvalue weighted by atomic mass is 16.6. The molecule has 0 aliphatic rings. The van der Waals surface area contributed by atoms with Crippen molar-refractivity contribution in [1.82, 2.24) is 5.32 Å². The van der Waals surface area contributed by atoms with Crippen molar-refractivity contribution in [2.45, 2.75) is 66.0 Å². The Morgan fingerprint density at radius 3 is 2.26 bits per heavy atom. The van der Waals surface area contributed by atoms with Crippen molar-refractivity contribution in [1.29, 1.82) is 0 Å². The number of carbonyl (C=O) groups excluding carboxylic acids is 2. The van der Waals surface area contributed by atoms with Crippen molar-refractivity contribution >= 4 is 11.9 Å². The predicted octanol–water partition coefficient (Wildman–Crippen LogP) is 2.91. The molecule has 1 atom stereocenters. The fourth-order valence-corrected chi connectivity index (χ4v) is 1.32. The van der Waals surface area contributed by atoms with Crippen molar-refractivity contribution in [3.05, 3.63) is 0 Å². The standard InChI is InChI=1S/C15H25NO3/c1-7-8-9-10-12(17)13(11(2)3)16-14(18)19-15(4,5)6/h11,13H,7-8H2,1-6H3,(H,16,18)/t13-/m0/s1. The van der Waals surface area contributed by atoms with Crippen LogP contribution in [0.25, 0.3) is 0 Å². The Labute approximate surface area is 116 Å². The molecule has 0 aromatic rings. The summed E-state index contributed by atoms with van der Waals surface area (Å²) in [5, 5.41) is 2.59. The Balaban J connectivity index is 4.64. The van der Waals surface area contributed by atoms with Gasteiger partial charge >= 0.3 is 6.09 Å². The Bertz CT molecular complexity index is 369. The molecule has 0 saturated carbocycles. The molecule has 108 valence electrons. The minimum absolute atomic E-state index is 0.0315. The van der Waals surface area contributed by atoms with E-state index in [4.69, 9.17) is 4.74 Å². The van der Waals surface area contributed by atoms with Crippen LogP contribution in [0, 0.1) is 17.8 Å². The summed E-state index contributed by atoms with van der Waals surface area (Å²) in [5.74, 6) is 5.07. The lowest BCUT2D eigenvalue weighted by atomic mass is 10.0. The molecule has 0 bridgehead atoms. The molecule has 0 rings (SSSR count). The van der Waals surface area contributed by atoms with Gasteiger partial charge in [0.1, 0.15) is 11.6 Å². The highest BCUT2D eigenvalue weighted by Crippen LogP contribution is 2.09. The van der Waals surface area contributed by atoms with E-state index < -0.39 is 17.7 Å². The zero-order chi connectivity index (χ0) is 15.1. The highest BCUT2D eigenvalue weighted by molar-refractivity contribution is 6.01. The second kappa shape index (κ2) is 7.83. The van der Waals surface area contributed by atoms with Gasteiger partial charge in [0.25, 0.3) is 0 Å². The molecule has 0 radical (unpaired) electrons. The number of carbonyl (C=O) groups is 2. The van der Waals surface area contributed by atoms with Gasteiger partial charge in [-0.1, -0.05) is 26.7 Å². The first-order chi connectivity index (χ1) is 8.67. The second-order valence-corrected chi connectivity index (χ2v) is 5.78. The first-order valence-electron chi connectivity index (χ1n) is 6.69. The summed E-state index contributed by atoms with van der Waals surface area (Å²) in [5.41, 5.74) is -0.581. The maximum Gasteiger partial charge on any atom is 0.408 e. The van der Waals surface area contributed by atoms with Crippen LogP contribution in [0.5, 0.6) is 0 Å². The lowest BCUT2D eigenvalue weighted by Crippen LogP contribution is -2.46. The van der Waals surface area contributed by atoms with Gasteiger partial charge in [0.05, 0.1) is 0 Å². The Morgan fingerprint density at radius 1 is 1.26 bits per heavy atom. The van der Waals surface area contributed by atoms with Gasteiger partial charge < -0.3 is 10.1 Å². The molecule has 0 unspecified atom stereocenters. The number of unbranched alkanes of at least 4 members (excludes halogenated alkanes) is 1. The summed E-state index contributed by atoms with van der Waals surface area (Å²) in [4.78, 5) is 23.6. The molecule has 0 fully saturated rings. The lowest BCUT2D eigenvalue weighted by Gasteiger charge is -2.23. The van der Waals surface area contributed by atoms with E-state index in [1.807, 2.05) is 20.8 Å². The number of rotatable bonds is 4. The van der Waals surface area contributed by atoms with Gasteiger partial charge in [0.15, 0.2) is 0 Å². The van der Waals surface area contributed by atoms with E-state index in [-0.39, 0.29) is 11.7 Å². The number of alkyl carbamates (subject to hydrolysis) is 1. The summed E-state index contributed by atoms with van der Waals surface area (Å²) in [6.45, 7) is 11.1. The van der Waals surface area contributed by atoms with Gasteiger partial charge in [0.2, 0.25) is 5.78 Å². The molecule has 1 amide bonds. The van der Waals surface area contributed by atoms with Crippen molar-refractivity contribution < 1.29 is 14.3 Å².